The van der Waals surface area contributed by atoms with Gasteiger partial charge in [-0.1, -0.05) is 6.42 Å². The molecule has 1 saturated carbocycles. The number of aliphatic hydroxyl groups is 1. The molecule has 1 aliphatic carbocycles. The minimum absolute atomic E-state index is 0.0430. The Balaban J connectivity index is 1.70. The summed E-state index contributed by atoms with van der Waals surface area (Å²) >= 11 is 0. The molecule has 1 N–H and O–H groups in total. The van der Waals surface area contributed by atoms with Crippen molar-refractivity contribution >= 4 is 16.8 Å². The van der Waals surface area contributed by atoms with Crippen LogP contribution in [0, 0.1) is 5.92 Å². The van der Waals surface area contributed by atoms with Crippen molar-refractivity contribution in [2.24, 2.45) is 13.0 Å². The van der Waals surface area contributed by atoms with Crippen LogP contribution in [0.5, 0.6) is 5.75 Å². The molecule has 1 aromatic carbocycles. The average molecular weight is 383 g/mol. The zero-order valence-corrected chi connectivity index (χ0v) is 16.9. The van der Waals surface area contributed by atoms with Crippen molar-refractivity contribution in [3.05, 3.63) is 29.5 Å². The lowest BCUT2D eigenvalue weighted by atomic mass is 9.68. The number of amides is 1. The first-order chi connectivity index (χ1) is 13.5. The van der Waals surface area contributed by atoms with Crippen molar-refractivity contribution in [1.82, 2.24) is 14.4 Å². The van der Waals surface area contributed by atoms with Gasteiger partial charge in [-0.15, -0.1) is 0 Å². The number of carbonyl (C=O) groups is 1. The van der Waals surface area contributed by atoms with Gasteiger partial charge in [0.15, 0.2) is 0 Å². The van der Waals surface area contributed by atoms with Gasteiger partial charge in [0, 0.05) is 55.2 Å². The molecule has 1 aromatic heterocycles. The molecule has 1 atom stereocenters. The Morgan fingerprint density at radius 1 is 1.25 bits per heavy atom. The summed E-state index contributed by atoms with van der Waals surface area (Å²) < 4.78 is 7.62. The number of hydrogen-bond acceptors (Lipinski definition) is 4. The second kappa shape index (κ2) is 6.22. The van der Waals surface area contributed by atoms with Gasteiger partial charge in [0.25, 0.3) is 0 Å². The predicted octanol–water partition coefficient (Wildman–Crippen LogP) is 2.05. The van der Waals surface area contributed by atoms with Gasteiger partial charge in [0.1, 0.15) is 5.75 Å². The molecule has 5 rings (SSSR count). The van der Waals surface area contributed by atoms with Gasteiger partial charge in [0.05, 0.1) is 25.3 Å². The van der Waals surface area contributed by atoms with Crippen LogP contribution in [0.15, 0.2) is 18.2 Å². The summed E-state index contributed by atoms with van der Waals surface area (Å²) in [6.45, 7) is 2.55. The number of aryl methyl sites for hydroxylation is 1. The molecular weight excluding hydrogens is 354 g/mol. The van der Waals surface area contributed by atoms with Gasteiger partial charge in [-0.3, -0.25) is 4.79 Å². The fourth-order valence-electron chi connectivity index (χ4n) is 5.72. The summed E-state index contributed by atoms with van der Waals surface area (Å²) in [4.78, 5) is 17.6. The standard InChI is InChI=1S/C22H29N3O3/c1-23-11-22(12-23)13-25(21(27)14-5-4-6-14)18(10-26)20-19(22)16-8-7-15(28-3)9-17(16)24(20)2/h7-9,14,18,26H,4-6,10-13H2,1-3H3/t18-/m0/s1. The van der Waals surface area contributed by atoms with E-state index in [1.165, 1.54) is 10.9 Å². The normalized spacial score (nSPS) is 24.1. The lowest BCUT2D eigenvalue weighted by molar-refractivity contribution is -0.146. The molecule has 3 heterocycles. The maximum absolute atomic E-state index is 13.3. The highest BCUT2D eigenvalue weighted by molar-refractivity contribution is 5.90. The van der Waals surface area contributed by atoms with Gasteiger partial charge in [0.2, 0.25) is 5.91 Å². The van der Waals surface area contributed by atoms with Crippen LogP contribution in [0.25, 0.3) is 10.9 Å². The lowest BCUT2D eigenvalue weighted by Gasteiger charge is -2.56. The van der Waals surface area contributed by atoms with E-state index in [-0.39, 0.29) is 29.9 Å². The fraction of sp³-hybridized carbons (Fsp3) is 0.591. The molecule has 6 heteroatoms. The molecule has 3 aliphatic rings. The largest absolute Gasteiger partial charge is 0.497 e. The topological polar surface area (TPSA) is 57.9 Å². The van der Waals surface area contributed by atoms with Gasteiger partial charge in [-0.25, -0.2) is 0 Å². The maximum Gasteiger partial charge on any atom is 0.226 e. The van der Waals surface area contributed by atoms with Crippen LogP contribution in [0.3, 0.4) is 0 Å². The number of benzene rings is 1. The van der Waals surface area contributed by atoms with Crippen LogP contribution in [0.4, 0.5) is 0 Å². The SMILES string of the molecule is COc1ccc2c3c(n(C)c2c1)[C@H](CO)N(C(=O)C1CCC1)CC31CN(C)C1. The minimum Gasteiger partial charge on any atom is -0.497 e. The van der Waals surface area contributed by atoms with Crippen molar-refractivity contribution in [2.75, 3.05) is 40.4 Å². The molecule has 0 radical (unpaired) electrons. The lowest BCUT2D eigenvalue weighted by Crippen LogP contribution is -2.66. The van der Waals surface area contributed by atoms with E-state index in [1.807, 2.05) is 11.0 Å². The van der Waals surface area contributed by atoms with Crippen molar-refractivity contribution in [1.29, 1.82) is 0 Å². The Morgan fingerprint density at radius 3 is 2.57 bits per heavy atom. The molecule has 28 heavy (non-hydrogen) atoms. The molecule has 6 nitrogen and oxygen atoms in total. The van der Waals surface area contributed by atoms with Crippen molar-refractivity contribution in [2.45, 2.75) is 30.7 Å². The first-order valence-electron chi connectivity index (χ1n) is 10.3. The Kier molecular flexibility index (Phi) is 4.00. The highest BCUT2D eigenvalue weighted by Crippen LogP contribution is 2.50. The molecule has 1 spiro atoms. The number of hydrogen-bond donors (Lipinski definition) is 1. The van der Waals surface area contributed by atoms with E-state index in [9.17, 15) is 9.90 Å². The van der Waals surface area contributed by atoms with E-state index in [0.717, 1.165) is 49.3 Å². The van der Waals surface area contributed by atoms with Crippen LogP contribution in [0.2, 0.25) is 0 Å². The molecule has 1 amide bonds. The highest BCUT2D eigenvalue weighted by atomic mass is 16.5. The van der Waals surface area contributed by atoms with E-state index in [4.69, 9.17) is 4.74 Å². The molecule has 0 bridgehead atoms. The first kappa shape index (κ1) is 18.0. The Labute approximate surface area is 165 Å². The van der Waals surface area contributed by atoms with Gasteiger partial charge >= 0.3 is 0 Å². The maximum atomic E-state index is 13.3. The van der Waals surface area contributed by atoms with Gasteiger partial charge in [-0.2, -0.15) is 0 Å². The average Bonchev–Trinajstić information content (AvgIpc) is 2.92. The highest BCUT2D eigenvalue weighted by Gasteiger charge is 2.54. The number of fused-ring (bicyclic) bond motifs is 4. The summed E-state index contributed by atoms with van der Waals surface area (Å²) in [5, 5.41) is 11.6. The van der Waals surface area contributed by atoms with Crippen LogP contribution >= 0.6 is 0 Å². The van der Waals surface area contributed by atoms with Crippen molar-refractivity contribution in [3.63, 3.8) is 0 Å². The van der Waals surface area contributed by atoms with Crippen LogP contribution in [-0.4, -0.2) is 65.8 Å². The van der Waals surface area contributed by atoms with E-state index < -0.39 is 0 Å². The Hall–Kier alpha value is -2.05. The number of nitrogens with zero attached hydrogens (tertiary/aromatic N) is 3. The van der Waals surface area contributed by atoms with E-state index in [1.54, 1.807) is 7.11 Å². The third kappa shape index (κ3) is 2.31. The van der Waals surface area contributed by atoms with Gasteiger partial charge < -0.3 is 24.2 Å². The molecule has 1 saturated heterocycles. The van der Waals surface area contributed by atoms with Crippen LogP contribution < -0.4 is 4.74 Å². The third-order valence-electron chi connectivity index (χ3n) is 7.20. The monoisotopic (exact) mass is 383 g/mol. The first-order valence-corrected chi connectivity index (χ1v) is 10.3. The Morgan fingerprint density at radius 2 is 2.00 bits per heavy atom. The van der Waals surface area contributed by atoms with E-state index in [2.05, 4.69) is 35.7 Å². The number of likely N-dealkylation sites (tertiary alicyclic amines) is 1. The van der Waals surface area contributed by atoms with Crippen molar-refractivity contribution in [3.8, 4) is 5.75 Å². The molecule has 150 valence electrons. The number of aromatic nitrogens is 1. The number of likely N-dealkylation sites (N-methyl/N-ethyl adjacent to an activating group) is 1. The number of carbonyl (C=O) groups excluding carboxylic acids is 1. The number of aliphatic hydroxyl groups excluding tert-OH is 1. The Bertz CT molecular complexity index is 940. The number of ether oxygens (including phenoxy) is 1. The molecule has 2 aliphatic heterocycles. The zero-order chi connectivity index (χ0) is 19.6. The summed E-state index contributed by atoms with van der Waals surface area (Å²) in [5.41, 5.74) is 3.47. The van der Waals surface area contributed by atoms with Gasteiger partial charge in [-0.05, 0) is 37.6 Å². The smallest absolute Gasteiger partial charge is 0.226 e. The van der Waals surface area contributed by atoms with Crippen LogP contribution in [-0.2, 0) is 17.3 Å². The molecule has 0 unspecified atom stereocenters. The van der Waals surface area contributed by atoms with E-state index >= 15 is 0 Å². The van der Waals surface area contributed by atoms with Crippen LogP contribution in [0.1, 0.15) is 36.6 Å². The van der Waals surface area contributed by atoms with Crippen molar-refractivity contribution < 1.29 is 14.6 Å². The third-order valence-corrected chi connectivity index (χ3v) is 7.20. The fourth-order valence-corrected chi connectivity index (χ4v) is 5.72. The predicted molar refractivity (Wildman–Crippen MR) is 108 cm³/mol. The second-order valence-electron chi connectivity index (χ2n) is 8.95. The second-order valence-corrected chi connectivity index (χ2v) is 8.95. The molecular formula is C22H29N3O3. The molecule has 2 fully saturated rings. The zero-order valence-electron chi connectivity index (χ0n) is 16.9. The minimum atomic E-state index is -0.275. The summed E-state index contributed by atoms with van der Waals surface area (Å²) in [5.74, 6) is 1.20. The number of rotatable bonds is 3. The quantitative estimate of drug-likeness (QED) is 0.881. The number of methoxy groups -OCH3 is 1. The summed E-state index contributed by atoms with van der Waals surface area (Å²) in [6, 6.07) is 5.95. The molecule has 2 aromatic rings. The van der Waals surface area contributed by atoms with E-state index in [0.29, 0.717) is 6.54 Å². The summed E-state index contributed by atoms with van der Waals surface area (Å²) in [7, 11) is 5.87. The summed E-state index contributed by atoms with van der Waals surface area (Å²) in [6.07, 6.45) is 3.11.